The molecule has 0 saturated heterocycles. The number of hydrogen-bond acceptors (Lipinski definition) is 6. The molecule has 0 saturated carbocycles. The van der Waals surface area contributed by atoms with Crippen molar-refractivity contribution >= 4 is 23.5 Å². The van der Waals surface area contributed by atoms with Gasteiger partial charge in [-0.25, -0.2) is 9.78 Å². The lowest BCUT2D eigenvalue weighted by atomic mass is 10.4. The first-order valence-corrected chi connectivity index (χ1v) is 5.17. The molecule has 1 aromatic heterocycles. The Bertz CT molecular complexity index is 344. The first-order valence-electron chi connectivity index (χ1n) is 3.95. The second-order valence-electron chi connectivity index (χ2n) is 2.33. The quantitative estimate of drug-likeness (QED) is 0.714. The van der Waals surface area contributed by atoms with E-state index in [0.29, 0.717) is 11.7 Å². The van der Waals surface area contributed by atoms with Crippen LogP contribution in [0.15, 0.2) is 5.16 Å². The van der Waals surface area contributed by atoms with Crippen molar-refractivity contribution in [3.05, 3.63) is 5.69 Å². The fourth-order valence-electron chi connectivity index (χ4n) is 0.832. The number of anilines is 1. The van der Waals surface area contributed by atoms with Crippen LogP contribution in [0.4, 0.5) is 5.82 Å². The van der Waals surface area contributed by atoms with Gasteiger partial charge in [-0.1, -0.05) is 11.8 Å². The molecule has 0 amide bonds. The molecule has 1 aromatic rings. The van der Waals surface area contributed by atoms with Crippen molar-refractivity contribution in [2.24, 2.45) is 0 Å². The standard InChI is InChI=1S/C7H10N4O2S/c1-3-8-5-4(6(12)13)10-11-7(9-5)14-2/h3H2,1-2H3,(H,12,13)(H,8,9,11). The Hall–Kier alpha value is -1.37. The highest BCUT2D eigenvalue weighted by Crippen LogP contribution is 2.13. The van der Waals surface area contributed by atoms with Crippen LogP contribution in [0.2, 0.25) is 0 Å². The third-order valence-electron chi connectivity index (χ3n) is 1.40. The van der Waals surface area contributed by atoms with E-state index in [1.807, 2.05) is 6.92 Å². The monoisotopic (exact) mass is 214 g/mol. The highest BCUT2D eigenvalue weighted by molar-refractivity contribution is 7.98. The van der Waals surface area contributed by atoms with Gasteiger partial charge in [0.25, 0.3) is 0 Å². The van der Waals surface area contributed by atoms with Crippen molar-refractivity contribution in [1.82, 2.24) is 15.2 Å². The third kappa shape index (κ3) is 2.32. The molecule has 7 heteroatoms. The maximum absolute atomic E-state index is 10.7. The maximum Gasteiger partial charge on any atom is 0.360 e. The second kappa shape index (κ2) is 4.75. The van der Waals surface area contributed by atoms with Gasteiger partial charge in [0, 0.05) is 6.54 Å². The van der Waals surface area contributed by atoms with Crippen LogP contribution in [0, 0.1) is 0 Å². The average molecular weight is 214 g/mol. The van der Waals surface area contributed by atoms with E-state index in [0.717, 1.165) is 0 Å². The number of rotatable bonds is 4. The molecule has 76 valence electrons. The summed E-state index contributed by atoms with van der Waals surface area (Å²) in [5.41, 5.74) is -0.148. The summed E-state index contributed by atoms with van der Waals surface area (Å²) in [6, 6.07) is 0. The molecular formula is C7H10N4O2S. The van der Waals surface area contributed by atoms with E-state index in [-0.39, 0.29) is 11.5 Å². The number of carbonyl (C=O) groups is 1. The first-order chi connectivity index (χ1) is 6.69. The summed E-state index contributed by atoms with van der Waals surface area (Å²) in [7, 11) is 0. The van der Waals surface area contributed by atoms with Gasteiger partial charge in [0.05, 0.1) is 0 Å². The third-order valence-corrected chi connectivity index (χ3v) is 1.93. The number of nitrogens with zero attached hydrogens (tertiary/aromatic N) is 3. The highest BCUT2D eigenvalue weighted by Gasteiger charge is 2.14. The van der Waals surface area contributed by atoms with E-state index in [1.54, 1.807) is 6.26 Å². The normalized spacial score (nSPS) is 9.86. The zero-order valence-electron chi connectivity index (χ0n) is 7.81. The minimum absolute atomic E-state index is 0.148. The van der Waals surface area contributed by atoms with E-state index in [2.05, 4.69) is 20.5 Å². The largest absolute Gasteiger partial charge is 0.476 e. The van der Waals surface area contributed by atoms with Crippen LogP contribution >= 0.6 is 11.8 Å². The Morgan fingerprint density at radius 3 is 2.79 bits per heavy atom. The van der Waals surface area contributed by atoms with Crippen molar-refractivity contribution in [2.75, 3.05) is 18.1 Å². The lowest BCUT2D eigenvalue weighted by Crippen LogP contribution is -2.12. The zero-order valence-corrected chi connectivity index (χ0v) is 8.63. The lowest BCUT2D eigenvalue weighted by Gasteiger charge is -2.05. The van der Waals surface area contributed by atoms with Gasteiger partial charge in [-0.15, -0.1) is 10.2 Å². The first kappa shape index (κ1) is 10.7. The van der Waals surface area contributed by atoms with Crippen LogP contribution < -0.4 is 5.32 Å². The fraction of sp³-hybridized carbons (Fsp3) is 0.429. The molecule has 0 unspecified atom stereocenters. The Morgan fingerprint density at radius 1 is 1.57 bits per heavy atom. The van der Waals surface area contributed by atoms with E-state index in [9.17, 15) is 4.79 Å². The number of hydrogen-bond donors (Lipinski definition) is 2. The molecule has 0 atom stereocenters. The predicted octanol–water partition coefficient (Wildman–Crippen LogP) is 0.723. The molecule has 0 bridgehead atoms. The summed E-state index contributed by atoms with van der Waals surface area (Å²) < 4.78 is 0. The molecule has 0 aliphatic carbocycles. The molecule has 0 fully saturated rings. The number of aromatic carboxylic acids is 1. The van der Waals surface area contributed by atoms with Gasteiger partial charge in [0.1, 0.15) is 0 Å². The maximum atomic E-state index is 10.7. The summed E-state index contributed by atoms with van der Waals surface area (Å²) >= 11 is 1.31. The summed E-state index contributed by atoms with van der Waals surface area (Å²) in [6.07, 6.45) is 1.80. The van der Waals surface area contributed by atoms with Gasteiger partial charge >= 0.3 is 5.97 Å². The minimum Gasteiger partial charge on any atom is -0.476 e. The topological polar surface area (TPSA) is 88.0 Å². The van der Waals surface area contributed by atoms with E-state index < -0.39 is 5.97 Å². The van der Waals surface area contributed by atoms with Gasteiger partial charge in [0.2, 0.25) is 10.9 Å². The Labute approximate surface area is 85.1 Å². The van der Waals surface area contributed by atoms with Crippen LogP contribution in [-0.4, -0.2) is 39.1 Å². The number of carboxylic acid groups (broad SMARTS) is 1. The molecule has 0 aliphatic heterocycles. The van der Waals surface area contributed by atoms with Crippen molar-refractivity contribution < 1.29 is 9.90 Å². The van der Waals surface area contributed by atoms with Crippen LogP contribution in [0.25, 0.3) is 0 Å². The lowest BCUT2D eigenvalue weighted by molar-refractivity contribution is 0.0689. The highest BCUT2D eigenvalue weighted by atomic mass is 32.2. The van der Waals surface area contributed by atoms with Crippen molar-refractivity contribution in [2.45, 2.75) is 12.1 Å². The van der Waals surface area contributed by atoms with Crippen LogP contribution in [0.5, 0.6) is 0 Å². The summed E-state index contributed by atoms with van der Waals surface area (Å²) in [4.78, 5) is 14.7. The molecule has 0 spiro atoms. The SMILES string of the molecule is CCNc1nc(SC)nnc1C(=O)O. The molecule has 0 aromatic carbocycles. The van der Waals surface area contributed by atoms with Crippen molar-refractivity contribution in [3.63, 3.8) is 0 Å². The number of thioether (sulfide) groups is 1. The van der Waals surface area contributed by atoms with Crippen molar-refractivity contribution in [1.29, 1.82) is 0 Å². The van der Waals surface area contributed by atoms with E-state index in [4.69, 9.17) is 5.11 Å². The van der Waals surface area contributed by atoms with Gasteiger partial charge < -0.3 is 10.4 Å². The number of nitrogens with one attached hydrogen (secondary N) is 1. The summed E-state index contributed by atoms with van der Waals surface area (Å²) in [6.45, 7) is 2.44. The van der Waals surface area contributed by atoms with Gasteiger partial charge in [-0.05, 0) is 13.2 Å². The van der Waals surface area contributed by atoms with Crippen LogP contribution in [0.1, 0.15) is 17.4 Å². The van der Waals surface area contributed by atoms with E-state index in [1.165, 1.54) is 11.8 Å². The number of carboxylic acids is 1. The Morgan fingerprint density at radius 2 is 2.29 bits per heavy atom. The molecule has 0 aliphatic rings. The predicted molar refractivity (Wildman–Crippen MR) is 52.7 cm³/mol. The minimum atomic E-state index is -1.13. The molecule has 1 heterocycles. The van der Waals surface area contributed by atoms with Gasteiger partial charge in [0.15, 0.2) is 5.82 Å². The average Bonchev–Trinajstić information content (AvgIpc) is 2.17. The van der Waals surface area contributed by atoms with Crippen LogP contribution in [-0.2, 0) is 0 Å². The molecule has 2 N–H and O–H groups in total. The smallest absolute Gasteiger partial charge is 0.360 e. The number of aromatic nitrogens is 3. The van der Waals surface area contributed by atoms with E-state index >= 15 is 0 Å². The van der Waals surface area contributed by atoms with Gasteiger partial charge in [-0.3, -0.25) is 0 Å². The molecule has 1 rings (SSSR count). The Balaban J connectivity index is 3.10. The molecule has 0 radical (unpaired) electrons. The zero-order chi connectivity index (χ0) is 10.6. The van der Waals surface area contributed by atoms with Gasteiger partial charge in [-0.2, -0.15) is 0 Å². The van der Waals surface area contributed by atoms with Crippen molar-refractivity contribution in [3.8, 4) is 0 Å². The second-order valence-corrected chi connectivity index (χ2v) is 3.10. The van der Waals surface area contributed by atoms with Crippen LogP contribution in [0.3, 0.4) is 0 Å². The fourth-order valence-corrected chi connectivity index (χ4v) is 1.14. The molecular weight excluding hydrogens is 204 g/mol. The summed E-state index contributed by atoms with van der Waals surface area (Å²) in [5, 5.41) is 19.3. The molecule has 6 nitrogen and oxygen atoms in total. The Kier molecular flexibility index (Phi) is 3.63. The summed E-state index contributed by atoms with van der Waals surface area (Å²) in [5.74, 6) is -0.868. The molecule has 14 heavy (non-hydrogen) atoms.